The van der Waals surface area contributed by atoms with E-state index in [-0.39, 0.29) is 17.9 Å². The van der Waals surface area contributed by atoms with Gasteiger partial charge in [-0.3, -0.25) is 4.79 Å². The smallest absolute Gasteiger partial charge is 0.314 e. The van der Waals surface area contributed by atoms with E-state index in [1.165, 1.54) is 7.11 Å². The number of methoxy groups -OCH3 is 2. The Morgan fingerprint density at radius 3 is 2.74 bits per heavy atom. The number of hydrogen-bond donors (Lipinski definition) is 1. The van der Waals surface area contributed by atoms with Crippen LogP contribution in [0.15, 0.2) is 24.3 Å². The number of benzene rings is 1. The predicted molar refractivity (Wildman–Crippen MR) is 73.4 cm³/mol. The van der Waals surface area contributed by atoms with Crippen molar-refractivity contribution in [1.82, 2.24) is 5.32 Å². The summed E-state index contributed by atoms with van der Waals surface area (Å²) >= 11 is 0. The van der Waals surface area contributed by atoms with E-state index in [0.717, 1.165) is 37.1 Å². The second-order valence-electron chi connectivity index (χ2n) is 4.80. The Labute approximate surface area is 114 Å². The van der Waals surface area contributed by atoms with Crippen LogP contribution in [-0.4, -0.2) is 32.8 Å². The van der Waals surface area contributed by atoms with Gasteiger partial charge in [0.15, 0.2) is 0 Å². The van der Waals surface area contributed by atoms with Gasteiger partial charge in [0.05, 0.1) is 14.2 Å². The fourth-order valence-electron chi connectivity index (χ4n) is 2.72. The molecule has 1 N–H and O–H groups in total. The van der Waals surface area contributed by atoms with Gasteiger partial charge >= 0.3 is 5.97 Å². The molecule has 4 heteroatoms. The second kappa shape index (κ2) is 6.57. The average molecular weight is 263 g/mol. The van der Waals surface area contributed by atoms with Gasteiger partial charge in [-0.25, -0.2) is 0 Å². The molecule has 0 unspecified atom stereocenters. The van der Waals surface area contributed by atoms with E-state index in [0.29, 0.717) is 0 Å². The van der Waals surface area contributed by atoms with E-state index in [4.69, 9.17) is 9.47 Å². The van der Waals surface area contributed by atoms with Crippen molar-refractivity contribution < 1.29 is 14.3 Å². The largest absolute Gasteiger partial charge is 0.496 e. The van der Waals surface area contributed by atoms with Gasteiger partial charge in [-0.15, -0.1) is 0 Å². The standard InChI is InChI=1S/C15H21NO3/c1-18-13-9-4-3-7-11(13)14(15(17)19-2)12-8-5-6-10-16-12/h3-4,7,9,12,14,16H,5-6,8,10H2,1-2H3/t12-,14+/m1/s1. The van der Waals surface area contributed by atoms with E-state index in [9.17, 15) is 4.79 Å². The van der Waals surface area contributed by atoms with Crippen molar-refractivity contribution in [2.45, 2.75) is 31.2 Å². The molecule has 2 atom stereocenters. The van der Waals surface area contributed by atoms with Crippen LogP contribution in [0.2, 0.25) is 0 Å². The average Bonchev–Trinajstić information content (AvgIpc) is 2.49. The lowest BCUT2D eigenvalue weighted by Gasteiger charge is -2.30. The first-order chi connectivity index (χ1) is 9.27. The first-order valence-electron chi connectivity index (χ1n) is 6.72. The van der Waals surface area contributed by atoms with Crippen molar-refractivity contribution in [3.8, 4) is 5.75 Å². The van der Waals surface area contributed by atoms with Gasteiger partial charge in [-0.05, 0) is 25.5 Å². The Morgan fingerprint density at radius 2 is 2.11 bits per heavy atom. The van der Waals surface area contributed by atoms with E-state index < -0.39 is 0 Å². The van der Waals surface area contributed by atoms with Gasteiger partial charge in [-0.2, -0.15) is 0 Å². The van der Waals surface area contributed by atoms with E-state index >= 15 is 0 Å². The normalized spacial score (nSPS) is 20.6. The zero-order chi connectivity index (χ0) is 13.7. The molecule has 1 fully saturated rings. The third kappa shape index (κ3) is 3.07. The number of ether oxygens (including phenoxy) is 2. The molecule has 1 heterocycles. The number of para-hydroxylation sites is 1. The molecule has 0 aliphatic carbocycles. The summed E-state index contributed by atoms with van der Waals surface area (Å²) in [6, 6.07) is 7.78. The summed E-state index contributed by atoms with van der Waals surface area (Å²) in [5.74, 6) is 0.232. The molecule has 0 radical (unpaired) electrons. The fraction of sp³-hybridized carbons (Fsp3) is 0.533. The van der Waals surface area contributed by atoms with Crippen molar-refractivity contribution in [3.05, 3.63) is 29.8 Å². The molecule has 104 valence electrons. The minimum atomic E-state index is -0.304. The molecule has 1 aromatic rings. The van der Waals surface area contributed by atoms with Crippen LogP contribution in [0.3, 0.4) is 0 Å². The molecule has 0 spiro atoms. The highest BCUT2D eigenvalue weighted by molar-refractivity contribution is 5.80. The highest BCUT2D eigenvalue weighted by Crippen LogP contribution is 2.32. The van der Waals surface area contributed by atoms with Crippen LogP contribution in [0.5, 0.6) is 5.75 Å². The molecular weight excluding hydrogens is 242 g/mol. The van der Waals surface area contributed by atoms with Crippen LogP contribution in [0.1, 0.15) is 30.7 Å². The van der Waals surface area contributed by atoms with Gasteiger partial charge in [0.2, 0.25) is 0 Å². The van der Waals surface area contributed by atoms with Gasteiger partial charge in [0.25, 0.3) is 0 Å². The molecule has 1 saturated heterocycles. The van der Waals surface area contributed by atoms with Gasteiger partial charge < -0.3 is 14.8 Å². The van der Waals surface area contributed by atoms with Gasteiger partial charge in [0.1, 0.15) is 11.7 Å². The molecule has 0 saturated carbocycles. The summed E-state index contributed by atoms with van der Waals surface area (Å²) in [6.07, 6.45) is 3.29. The Kier molecular flexibility index (Phi) is 4.80. The van der Waals surface area contributed by atoms with Crippen LogP contribution < -0.4 is 10.1 Å². The number of carbonyl (C=O) groups is 1. The number of nitrogens with one attached hydrogen (secondary N) is 1. The molecule has 2 rings (SSSR count). The summed E-state index contributed by atoms with van der Waals surface area (Å²) in [5, 5.41) is 3.43. The number of hydrogen-bond acceptors (Lipinski definition) is 4. The summed E-state index contributed by atoms with van der Waals surface area (Å²) in [6.45, 7) is 0.952. The minimum Gasteiger partial charge on any atom is -0.496 e. The summed E-state index contributed by atoms with van der Waals surface area (Å²) < 4.78 is 10.4. The maximum atomic E-state index is 12.2. The fourth-order valence-corrected chi connectivity index (χ4v) is 2.72. The highest BCUT2D eigenvalue weighted by Gasteiger charge is 2.33. The number of piperidine rings is 1. The zero-order valence-corrected chi connectivity index (χ0v) is 11.5. The molecule has 0 aromatic heterocycles. The lowest BCUT2D eigenvalue weighted by Crippen LogP contribution is -2.42. The second-order valence-corrected chi connectivity index (χ2v) is 4.80. The van der Waals surface area contributed by atoms with E-state index in [2.05, 4.69) is 5.32 Å². The van der Waals surface area contributed by atoms with Crippen molar-refractivity contribution in [1.29, 1.82) is 0 Å². The van der Waals surface area contributed by atoms with E-state index in [1.54, 1.807) is 7.11 Å². The minimum absolute atomic E-state index is 0.123. The molecule has 0 bridgehead atoms. The van der Waals surface area contributed by atoms with Gasteiger partial charge in [-0.1, -0.05) is 24.6 Å². The number of carbonyl (C=O) groups excluding carboxylic acids is 1. The van der Waals surface area contributed by atoms with Crippen LogP contribution in [-0.2, 0) is 9.53 Å². The van der Waals surface area contributed by atoms with Crippen LogP contribution in [0.25, 0.3) is 0 Å². The number of rotatable bonds is 4. The Morgan fingerprint density at radius 1 is 1.32 bits per heavy atom. The third-order valence-electron chi connectivity index (χ3n) is 3.68. The highest BCUT2D eigenvalue weighted by atomic mass is 16.5. The lowest BCUT2D eigenvalue weighted by atomic mass is 9.86. The van der Waals surface area contributed by atoms with Crippen LogP contribution >= 0.6 is 0 Å². The Bertz CT molecular complexity index is 427. The monoisotopic (exact) mass is 263 g/mol. The maximum absolute atomic E-state index is 12.2. The summed E-state index contributed by atoms with van der Waals surface area (Å²) in [4.78, 5) is 12.2. The molecule has 4 nitrogen and oxygen atoms in total. The van der Waals surface area contributed by atoms with Gasteiger partial charge in [0, 0.05) is 11.6 Å². The summed E-state index contributed by atoms with van der Waals surface area (Å²) in [7, 11) is 3.06. The molecule has 1 aliphatic heterocycles. The Hall–Kier alpha value is -1.55. The topological polar surface area (TPSA) is 47.6 Å². The molecule has 1 aliphatic rings. The van der Waals surface area contributed by atoms with Crippen LogP contribution in [0, 0.1) is 0 Å². The van der Waals surface area contributed by atoms with Crippen molar-refractivity contribution in [3.63, 3.8) is 0 Å². The molecule has 0 amide bonds. The predicted octanol–water partition coefficient (Wildman–Crippen LogP) is 2.09. The molecule has 19 heavy (non-hydrogen) atoms. The lowest BCUT2D eigenvalue weighted by molar-refractivity contribution is -0.143. The zero-order valence-electron chi connectivity index (χ0n) is 11.5. The molecular formula is C15H21NO3. The summed E-state index contributed by atoms with van der Waals surface area (Å²) in [5.41, 5.74) is 0.899. The van der Waals surface area contributed by atoms with E-state index in [1.807, 2.05) is 24.3 Å². The quantitative estimate of drug-likeness (QED) is 0.845. The Balaban J connectivity index is 2.33. The maximum Gasteiger partial charge on any atom is 0.314 e. The number of esters is 1. The molecule has 1 aromatic carbocycles. The first kappa shape index (κ1) is 13.9. The van der Waals surface area contributed by atoms with Crippen molar-refractivity contribution in [2.24, 2.45) is 0 Å². The van der Waals surface area contributed by atoms with Crippen LogP contribution in [0.4, 0.5) is 0 Å². The van der Waals surface area contributed by atoms with Crippen molar-refractivity contribution >= 4 is 5.97 Å². The third-order valence-corrected chi connectivity index (χ3v) is 3.68. The van der Waals surface area contributed by atoms with Crippen molar-refractivity contribution in [2.75, 3.05) is 20.8 Å². The first-order valence-corrected chi connectivity index (χ1v) is 6.72. The SMILES string of the molecule is COC(=O)[C@@H](c1ccccc1OC)[C@H]1CCCCN1.